The van der Waals surface area contributed by atoms with Gasteiger partial charge in [0.15, 0.2) is 0 Å². The molecule has 1 atom stereocenters. The van der Waals surface area contributed by atoms with E-state index < -0.39 is 5.41 Å². The molecular weight excluding hydrogens is 274 g/mol. The van der Waals surface area contributed by atoms with Gasteiger partial charge in [-0.1, -0.05) is 24.3 Å². The summed E-state index contributed by atoms with van der Waals surface area (Å²) in [5.74, 6) is 0.182. The van der Waals surface area contributed by atoms with E-state index in [1.165, 1.54) is 24.0 Å². The van der Waals surface area contributed by atoms with Crippen LogP contribution in [0.15, 0.2) is 24.3 Å². The summed E-state index contributed by atoms with van der Waals surface area (Å²) >= 11 is 0. The number of piperidine rings is 1. The Morgan fingerprint density at radius 2 is 2.00 bits per heavy atom. The molecule has 1 heterocycles. The molecule has 1 aliphatic carbocycles. The largest absolute Gasteiger partial charge is 0.466 e. The van der Waals surface area contributed by atoms with Crippen LogP contribution in [0.2, 0.25) is 0 Å². The lowest BCUT2D eigenvalue weighted by Crippen LogP contribution is -2.39. The second kappa shape index (κ2) is 5.69. The second-order valence-corrected chi connectivity index (χ2v) is 7.32. The summed E-state index contributed by atoms with van der Waals surface area (Å²) in [4.78, 5) is 12.5. The van der Waals surface area contributed by atoms with Gasteiger partial charge in [-0.2, -0.15) is 0 Å². The number of esters is 1. The second-order valence-electron chi connectivity index (χ2n) is 7.32. The highest BCUT2D eigenvalue weighted by Gasteiger charge is 2.51. The van der Waals surface area contributed by atoms with Gasteiger partial charge in [0.05, 0.1) is 12.0 Å². The first-order valence-electron chi connectivity index (χ1n) is 8.48. The highest BCUT2D eigenvalue weighted by atomic mass is 16.5. The lowest BCUT2D eigenvalue weighted by Gasteiger charge is -2.37. The Morgan fingerprint density at radius 1 is 1.32 bits per heavy atom. The summed E-state index contributed by atoms with van der Waals surface area (Å²) in [6.07, 6.45) is 3.40. The van der Waals surface area contributed by atoms with Crippen molar-refractivity contribution in [3.05, 3.63) is 35.4 Å². The Labute approximate surface area is 133 Å². The number of nitrogens with one attached hydrogen (secondary N) is 1. The topological polar surface area (TPSA) is 38.3 Å². The Bertz CT molecular complexity index is 558. The van der Waals surface area contributed by atoms with Gasteiger partial charge in [-0.3, -0.25) is 4.79 Å². The number of ether oxygens (including phenoxy) is 1. The molecule has 1 fully saturated rings. The standard InChI is InChI=1S/C19H27NO2/c1-4-22-17(21)18(2,3)16-13-19(9-11-20-12-10-19)15-8-6-5-7-14(15)16/h5-8,16,20H,4,9-13H2,1-3H3. The fourth-order valence-electron chi connectivity index (χ4n) is 4.38. The molecule has 1 N–H and O–H groups in total. The third-order valence-corrected chi connectivity index (χ3v) is 5.74. The van der Waals surface area contributed by atoms with Gasteiger partial charge in [0, 0.05) is 5.92 Å². The summed E-state index contributed by atoms with van der Waals surface area (Å²) in [5, 5.41) is 3.47. The van der Waals surface area contributed by atoms with E-state index in [1.807, 2.05) is 20.8 Å². The molecule has 22 heavy (non-hydrogen) atoms. The molecule has 3 nitrogen and oxygen atoms in total. The zero-order chi connectivity index (χ0) is 15.8. The van der Waals surface area contributed by atoms with Gasteiger partial charge in [-0.25, -0.2) is 0 Å². The van der Waals surface area contributed by atoms with Crippen molar-refractivity contribution in [2.45, 2.75) is 51.4 Å². The number of benzene rings is 1. The molecule has 120 valence electrons. The maximum absolute atomic E-state index is 12.5. The predicted molar refractivity (Wildman–Crippen MR) is 88.0 cm³/mol. The zero-order valence-corrected chi connectivity index (χ0v) is 13.9. The maximum atomic E-state index is 12.5. The van der Waals surface area contributed by atoms with E-state index in [4.69, 9.17) is 4.74 Å². The van der Waals surface area contributed by atoms with Crippen LogP contribution in [0.4, 0.5) is 0 Å². The minimum atomic E-state index is -0.472. The van der Waals surface area contributed by atoms with E-state index in [9.17, 15) is 4.79 Å². The molecule has 1 unspecified atom stereocenters. The van der Waals surface area contributed by atoms with Crippen LogP contribution in [0.5, 0.6) is 0 Å². The zero-order valence-electron chi connectivity index (χ0n) is 13.9. The van der Waals surface area contributed by atoms with Crippen molar-refractivity contribution in [3.63, 3.8) is 0 Å². The number of fused-ring (bicyclic) bond motifs is 2. The monoisotopic (exact) mass is 301 g/mol. The quantitative estimate of drug-likeness (QED) is 0.870. The Balaban J connectivity index is 1.99. The van der Waals surface area contributed by atoms with Crippen LogP contribution in [0.1, 0.15) is 57.1 Å². The molecule has 1 spiro atoms. The van der Waals surface area contributed by atoms with Crippen molar-refractivity contribution in [1.29, 1.82) is 0 Å². The fraction of sp³-hybridized carbons (Fsp3) is 0.632. The average Bonchev–Trinajstić information content (AvgIpc) is 2.84. The van der Waals surface area contributed by atoms with E-state index in [0.717, 1.165) is 19.5 Å². The molecule has 1 aromatic carbocycles. The smallest absolute Gasteiger partial charge is 0.312 e. The molecule has 0 amide bonds. The maximum Gasteiger partial charge on any atom is 0.312 e. The van der Waals surface area contributed by atoms with Crippen LogP contribution in [-0.4, -0.2) is 25.7 Å². The number of carbonyl (C=O) groups is 1. The van der Waals surface area contributed by atoms with Crippen LogP contribution >= 0.6 is 0 Å². The predicted octanol–water partition coefficient (Wildman–Crippen LogP) is 3.38. The molecule has 1 saturated heterocycles. The minimum absolute atomic E-state index is 0.0687. The molecule has 0 aromatic heterocycles. The summed E-state index contributed by atoms with van der Waals surface area (Å²) in [6, 6.07) is 8.75. The molecule has 1 aliphatic heterocycles. The normalized spacial score (nSPS) is 23.3. The summed E-state index contributed by atoms with van der Waals surface area (Å²) in [7, 11) is 0. The van der Waals surface area contributed by atoms with E-state index in [1.54, 1.807) is 0 Å². The number of rotatable bonds is 3. The first kappa shape index (κ1) is 15.5. The van der Waals surface area contributed by atoms with Gasteiger partial charge >= 0.3 is 5.97 Å². The van der Waals surface area contributed by atoms with Gasteiger partial charge in [-0.05, 0) is 69.7 Å². The van der Waals surface area contributed by atoms with Crippen molar-refractivity contribution in [3.8, 4) is 0 Å². The van der Waals surface area contributed by atoms with E-state index >= 15 is 0 Å². The van der Waals surface area contributed by atoms with Gasteiger partial charge < -0.3 is 10.1 Å². The van der Waals surface area contributed by atoms with Crippen molar-refractivity contribution < 1.29 is 9.53 Å². The molecule has 0 radical (unpaired) electrons. The third-order valence-electron chi connectivity index (χ3n) is 5.74. The van der Waals surface area contributed by atoms with E-state index in [-0.39, 0.29) is 17.3 Å². The lowest BCUT2D eigenvalue weighted by molar-refractivity contribution is -0.155. The Morgan fingerprint density at radius 3 is 2.68 bits per heavy atom. The number of hydrogen-bond donors (Lipinski definition) is 1. The Kier molecular flexibility index (Phi) is 4.02. The van der Waals surface area contributed by atoms with Crippen molar-refractivity contribution in [2.24, 2.45) is 5.41 Å². The van der Waals surface area contributed by atoms with Crippen LogP contribution in [-0.2, 0) is 14.9 Å². The molecule has 0 bridgehead atoms. The minimum Gasteiger partial charge on any atom is -0.466 e. The molecule has 1 aromatic rings. The molecule has 3 rings (SSSR count). The van der Waals surface area contributed by atoms with Crippen molar-refractivity contribution in [1.82, 2.24) is 5.32 Å². The van der Waals surface area contributed by atoms with Crippen LogP contribution in [0, 0.1) is 5.41 Å². The molecule has 2 aliphatic rings. The molecule has 0 saturated carbocycles. The van der Waals surface area contributed by atoms with Crippen LogP contribution < -0.4 is 5.32 Å². The number of hydrogen-bond acceptors (Lipinski definition) is 3. The third kappa shape index (κ3) is 2.36. The molecular formula is C19H27NO2. The van der Waals surface area contributed by atoms with Crippen LogP contribution in [0.25, 0.3) is 0 Å². The summed E-state index contributed by atoms with van der Waals surface area (Å²) in [6.45, 7) is 8.57. The van der Waals surface area contributed by atoms with Gasteiger partial charge in [0.1, 0.15) is 0 Å². The van der Waals surface area contributed by atoms with E-state index in [2.05, 4.69) is 29.6 Å². The first-order valence-corrected chi connectivity index (χ1v) is 8.48. The highest BCUT2D eigenvalue weighted by Crippen LogP contribution is 2.56. The van der Waals surface area contributed by atoms with Crippen molar-refractivity contribution in [2.75, 3.05) is 19.7 Å². The first-order chi connectivity index (χ1) is 10.5. The summed E-state index contributed by atoms with van der Waals surface area (Å²) in [5.41, 5.74) is 2.61. The number of carbonyl (C=O) groups excluding carboxylic acids is 1. The fourth-order valence-corrected chi connectivity index (χ4v) is 4.38. The Hall–Kier alpha value is -1.35. The average molecular weight is 301 g/mol. The van der Waals surface area contributed by atoms with Gasteiger partial charge in [0.2, 0.25) is 0 Å². The van der Waals surface area contributed by atoms with Gasteiger partial charge in [-0.15, -0.1) is 0 Å². The summed E-state index contributed by atoms with van der Waals surface area (Å²) < 4.78 is 5.36. The van der Waals surface area contributed by atoms with Gasteiger partial charge in [0.25, 0.3) is 0 Å². The van der Waals surface area contributed by atoms with E-state index in [0.29, 0.717) is 6.61 Å². The SMILES string of the molecule is CCOC(=O)C(C)(C)C1CC2(CCNCC2)c2ccccc21. The highest BCUT2D eigenvalue weighted by molar-refractivity contribution is 5.78. The molecule has 3 heteroatoms. The van der Waals surface area contributed by atoms with Crippen LogP contribution in [0.3, 0.4) is 0 Å². The van der Waals surface area contributed by atoms with Crippen molar-refractivity contribution >= 4 is 5.97 Å². The lowest BCUT2D eigenvalue weighted by atomic mass is 9.70.